The normalized spacial score (nSPS) is 24.4. The number of imide groups is 1. The first-order valence-electron chi connectivity index (χ1n) is 11.4. The minimum atomic E-state index is -3.12. The third-order valence-electron chi connectivity index (χ3n) is 7.32. The van der Waals surface area contributed by atoms with Crippen molar-refractivity contribution in [2.45, 2.75) is 38.1 Å². The highest BCUT2D eigenvalue weighted by Crippen LogP contribution is 2.35. The van der Waals surface area contributed by atoms with Crippen LogP contribution in [-0.4, -0.2) is 81.0 Å². The summed E-state index contributed by atoms with van der Waals surface area (Å²) < 4.78 is 29.7. The lowest BCUT2D eigenvalue weighted by molar-refractivity contribution is -0.123. The second kappa shape index (κ2) is 9.52. The molecule has 1 atom stereocenters. The lowest BCUT2D eigenvalue weighted by atomic mass is 9.79. The maximum Gasteiger partial charge on any atom is 0.337 e. The molecule has 4 rings (SSSR count). The van der Waals surface area contributed by atoms with E-state index in [1.165, 1.54) is 18.3 Å². The van der Waals surface area contributed by atoms with E-state index >= 15 is 0 Å². The van der Waals surface area contributed by atoms with E-state index in [0.717, 1.165) is 38.8 Å². The number of carbonyl (C=O) groups excluding carboxylic acids is 3. The van der Waals surface area contributed by atoms with E-state index in [1.54, 1.807) is 28.6 Å². The fraction of sp³-hybridized carbons (Fsp3) is 0.609. The van der Waals surface area contributed by atoms with Gasteiger partial charge in [0, 0.05) is 13.1 Å². The maximum atomic E-state index is 13.1. The van der Waals surface area contributed by atoms with Gasteiger partial charge in [0.15, 0.2) is 0 Å². The number of benzene rings is 1. The van der Waals surface area contributed by atoms with Crippen molar-refractivity contribution >= 4 is 33.5 Å². The Kier molecular flexibility index (Phi) is 6.88. The van der Waals surface area contributed by atoms with E-state index in [-0.39, 0.29) is 18.2 Å². The Morgan fingerprint density at radius 1 is 0.939 bits per heavy atom. The van der Waals surface area contributed by atoms with Crippen molar-refractivity contribution in [1.82, 2.24) is 9.21 Å². The highest BCUT2D eigenvalue weighted by Gasteiger charge is 2.44. The maximum absolute atomic E-state index is 13.1. The van der Waals surface area contributed by atoms with Crippen LogP contribution in [0.5, 0.6) is 0 Å². The first-order chi connectivity index (χ1) is 15.7. The molecule has 0 radical (unpaired) electrons. The molecule has 180 valence electrons. The van der Waals surface area contributed by atoms with Gasteiger partial charge in [-0.05, 0) is 74.9 Å². The molecule has 3 aliphatic rings. The zero-order valence-electron chi connectivity index (χ0n) is 19.1. The molecule has 0 aliphatic carbocycles. The Bertz CT molecular complexity index is 1010. The SMILES string of the molecule is COC(=O)c1ccc(N2C(=O)C[C@@H](N3CCC(C4CCN(S(C)(=O)=O)CC4)CC3)C2=O)cc1. The van der Waals surface area contributed by atoms with E-state index in [4.69, 9.17) is 4.74 Å². The third kappa shape index (κ3) is 4.97. The first-order valence-corrected chi connectivity index (χ1v) is 13.3. The molecule has 2 amide bonds. The molecule has 0 aromatic heterocycles. The van der Waals surface area contributed by atoms with Gasteiger partial charge in [-0.1, -0.05) is 0 Å². The number of hydrogen-bond acceptors (Lipinski definition) is 7. The third-order valence-corrected chi connectivity index (χ3v) is 8.62. The Morgan fingerprint density at radius 2 is 1.48 bits per heavy atom. The number of nitrogens with zero attached hydrogens (tertiary/aromatic N) is 3. The van der Waals surface area contributed by atoms with Gasteiger partial charge < -0.3 is 4.74 Å². The number of sulfonamides is 1. The molecule has 3 aliphatic heterocycles. The Hall–Kier alpha value is -2.30. The molecule has 1 aromatic carbocycles. The summed E-state index contributed by atoms with van der Waals surface area (Å²) in [6.07, 6.45) is 5.10. The second-order valence-corrected chi connectivity index (χ2v) is 11.2. The van der Waals surface area contributed by atoms with E-state index in [1.807, 2.05) is 0 Å². The topological polar surface area (TPSA) is 104 Å². The summed E-state index contributed by atoms with van der Waals surface area (Å²) in [5.41, 5.74) is 0.828. The van der Waals surface area contributed by atoms with E-state index in [0.29, 0.717) is 36.2 Å². The fourth-order valence-corrected chi connectivity index (χ4v) is 6.29. The number of rotatable bonds is 5. The minimum absolute atomic E-state index is 0.162. The average molecular weight is 478 g/mol. The van der Waals surface area contributed by atoms with Gasteiger partial charge in [-0.25, -0.2) is 22.4 Å². The Labute approximate surface area is 194 Å². The number of esters is 1. The average Bonchev–Trinajstić information content (AvgIpc) is 3.12. The van der Waals surface area contributed by atoms with Crippen molar-refractivity contribution in [3.8, 4) is 0 Å². The molecule has 0 spiro atoms. The highest BCUT2D eigenvalue weighted by molar-refractivity contribution is 7.88. The van der Waals surface area contributed by atoms with Crippen molar-refractivity contribution in [1.29, 1.82) is 0 Å². The standard InChI is InChI=1S/C23H31N3O6S/c1-32-23(29)18-3-5-19(6-4-18)26-21(27)15-20(22(26)28)24-11-7-16(8-12-24)17-9-13-25(14-10-17)33(2,30)31/h3-6,16-17,20H,7-15H2,1-2H3/t20-/m1/s1. The molecule has 0 N–H and O–H groups in total. The lowest BCUT2D eigenvalue weighted by Crippen LogP contribution is -2.47. The van der Waals surface area contributed by atoms with E-state index < -0.39 is 22.0 Å². The number of likely N-dealkylation sites (tertiary alicyclic amines) is 1. The van der Waals surface area contributed by atoms with Crippen molar-refractivity contribution < 1.29 is 27.5 Å². The molecule has 33 heavy (non-hydrogen) atoms. The van der Waals surface area contributed by atoms with Gasteiger partial charge >= 0.3 is 5.97 Å². The number of hydrogen-bond donors (Lipinski definition) is 0. The lowest BCUT2D eigenvalue weighted by Gasteiger charge is -2.40. The van der Waals surface area contributed by atoms with E-state index in [9.17, 15) is 22.8 Å². The van der Waals surface area contributed by atoms with Crippen LogP contribution >= 0.6 is 0 Å². The zero-order chi connectivity index (χ0) is 23.8. The number of carbonyl (C=O) groups is 3. The van der Waals surface area contributed by atoms with Crippen LogP contribution in [0.3, 0.4) is 0 Å². The van der Waals surface area contributed by atoms with Crippen LogP contribution in [0.15, 0.2) is 24.3 Å². The van der Waals surface area contributed by atoms with Crippen LogP contribution in [0.4, 0.5) is 5.69 Å². The number of methoxy groups -OCH3 is 1. The Balaban J connectivity index is 1.33. The second-order valence-electron chi connectivity index (χ2n) is 9.20. The van der Waals surface area contributed by atoms with Crippen LogP contribution < -0.4 is 4.90 Å². The largest absolute Gasteiger partial charge is 0.465 e. The molecule has 0 unspecified atom stereocenters. The molecule has 10 heteroatoms. The first kappa shape index (κ1) is 23.8. The summed E-state index contributed by atoms with van der Waals surface area (Å²) in [5, 5.41) is 0. The summed E-state index contributed by atoms with van der Waals surface area (Å²) in [7, 11) is -1.82. The highest BCUT2D eigenvalue weighted by atomic mass is 32.2. The van der Waals surface area contributed by atoms with Crippen molar-refractivity contribution in [2.24, 2.45) is 11.8 Å². The zero-order valence-corrected chi connectivity index (χ0v) is 19.9. The quantitative estimate of drug-likeness (QED) is 0.467. The van der Waals surface area contributed by atoms with Crippen molar-refractivity contribution in [2.75, 3.05) is 44.4 Å². The number of ether oxygens (including phenoxy) is 1. The van der Waals surface area contributed by atoms with Crippen LogP contribution in [0, 0.1) is 11.8 Å². The molecule has 0 saturated carbocycles. The van der Waals surface area contributed by atoms with Crippen LogP contribution in [-0.2, 0) is 24.3 Å². The summed E-state index contributed by atoms with van der Waals surface area (Å²) >= 11 is 0. The molecule has 0 bridgehead atoms. The minimum Gasteiger partial charge on any atom is -0.465 e. The fourth-order valence-electron chi connectivity index (χ4n) is 5.42. The molecule has 3 fully saturated rings. The molecule has 9 nitrogen and oxygen atoms in total. The van der Waals surface area contributed by atoms with Crippen molar-refractivity contribution in [3.05, 3.63) is 29.8 Å². The predicted molar refractivity (Wildman–Crippen MR) is 122 cm³/mol. The summed E-state index contributed by atoms with van der Waals surface area (Å²) in [6, 6.07) is 5.84. The molecule has 1 aromatic rings. The van der Waals surface area contributed by atoms with Gasteiger partial charge in [0.2, 0.25) is 15.9 Å². The van der Waals surface area contributed by atoms with E-state index in [2.05, 4.69) is 4.90 Å². The Morgan fingerprint density at radius 3 is 2.00 bits per heavy atom. The summed E-state index contributed by atoms with van der Waals surface area (Å²) in [5.74, 6) is 0.119. The van der Waals surface area contributed by atoms with Crippen LogP contribution in [0.1, 0.15) is 42.5 Å². The van der Waals surface area contributed by atoms with Gasteiger partial charge in [0.1, 0.15) is 0 Å². The molecule has 3 saturated heterocycles. The van der Waals surface area contributed by atoms with Crippen molar-refractivity contribution in [3.63, 3.8) is 0 Å². The monoisotopic (exact) mass is 477 g/mol. The van der Waals surface area contributed by atoms with Gasteiger partial charge in [0.25, 0.3) is 5.91 Å². The molecular formula is C23H31N3O6S. The smallest absolute Gasteiger partial charge is 0.337 e. The number of amides is 2. The predicted octanol–water partition coefficient (Wildman–Crippen LogP) is 1.49. The van der Waals surface area contributed by atoms with Crippen LogP contribution in [0.25, 0.3) is 0 Å². The van der Waals surface area contributed by atoms with Crippen LogP contribution in [0.2, 0.25) is 0 Å². The van der Waals surface area contributed by atoms with Gasteiger partial charge in [-0.2, -0.15) is 0 Å². The number of piperidine rings is 2. The molecule has 3 heterocycles. The van der Waals surface area contributed by atoms with Gasteiger partial charge in [-0.3, -0.25) is 14.5 Å². The molecular weight excluding hydrogens is 446 g/mol. The number of anilines is 1. The summed E-state index contributed by atoms with van der Waals surface area (Å²) in [6.45, 7) is 2.69. The van der Waals surface area contributed by atoms with Gasteiger partial charge in [0.05, 0.1) is 37.1 Å². The summed E-state index contributed by atoms with van der Waals surface area (Å²) in [4.78, 5) is 40.7. The van der Waals surface area contributed by atoms with Gasteiger partial charge in [-0.15, -0.1) is 0 Å².